The van der Waals surface area contributed by atoms with Gasteiger partial charge in [-0.25, -0.2) is 19.6 Å². The minimum Gasteiger partial charge on any atom is -0.453 e. The number of carbonyl (C=O) groups excluding carboxylic acids is 4. The Morgan fingerprint density at radius 1 is 0.696 bits per heavy atom. The summed E-state index contributed by atoms with van der Waals surface area (Å²) in [4.78, 5) is 71.7. The van der Waals surface area contributed by atoms with E-state index in [1.165, 1.54) is 14.2 Å². The number of piperidine rings is 1. The molecule has 56 heavy (non-hydrogen) atoms. The lowest BCUT2D eigenvalue weighted by atomic mass is 9.95. The highest BCUT2D eigenvalue weighted by molar-refractivity contribution is 5.87. The molecule has 7 rings (SSSR count). The molecule has 0 radical (unpaired) electrons. The highest BCUT2D eigenvalue weighted by Gasteiger charge is 2.51. The van der Waals surface area contributed by atoms with Crippen LogP contribution in [0.15, 0.2) is 60.9 Å². The second kappa shape index (κ2) is 16.2. The van der Waals surface area contributed by atoms with E-state index in [1.807, 2.05) is 43.7 Å². The molecule has 4 heterocycles. The van der Waals surface area contributed by atoms with Gasteiger partial charge in [0.2, 0.25) is 11.8 Å². The number of amides is 4. The van der Waals surface area contributed by atoms with Crippen molar-refractivity contribution in [1.29, 1.82) is 0 Å². The normalized spacial score (nSPS) is 21.4. The zero-order chi connectivity index (χ0) is 39.7. The third kappa shape index (κ3) is 7.61. The second-order valence-electron chi connectivity index (χ2n) is 15.8. The van der Waals surface area contributed by atoms with Gasteiger partial charge in [0.05, 0.1) is 50.1 Å². The van der Waals surface area contributed by atoms with Crippen LogP contribution in [-0.2, 0) is 19.1 Å². The van der Waals surface area contributed by atoms with Crippen molar-refractivity contribution in [3.05, 3.63) is 72.6 Å². The van der Waals surface area contributed by atoms with Crippen LogP contribution in [-0.4, -0.2) is 92.6 Å². The molecule has 0 unspecified atom stereocenters. The molecule has 1 saturated carbocycles. The summed E-state index contributed by atoms with van der Waals surface area (Å²) in [5.74, 6) is 1.37. The van der Waals surface area contributed by atoms with Gasteiger partial charge in [-0.2, -0.15) is 0 Å². The van der Waals surface area contributed by atoms with Gasteiger partial charge in [-0.1, -0.05) is 76.2 Å². The highest BCUT2D eigenvalue weighted by Crippen LogP contribution is 2.50. The number of fused-ring (bicyclic) bond motifs is 2. The maximum Gasteiger partial charge on any atom is 0.407 e. The molecule has 2 saturated heterocycles. The molecular formula is C42H52N8O6. The van der Waals surface area contributed by atoms with E-state index >= 15 is 0 Å². The number of hydrogen-bond donors (Lipinski definition) is 4. The number of hydrogen-bond acceptors (Lipinski definition) is 8. The molecule has 14 nitrogen and oxygen atoms in total. The molecule has 0 spiro atoms. The van der Waals surface area contributed by atoms with Gasteiger partial charge >= 0.3 is 12.2 Å². The molecule has 4 amide bonds. The number of aromatic nitrogens is 4. The lowest BCUT2D eigenvalue weighted by Crippen LogP contribution is -2.54. The van der Waals surface area contributed by atoms with Crippen molar-refractivity contribution in [1.82, 2.24) is 40.4 Å². The Balaban J connectivity index is 1.02. The molecule has 2 aromatic heterocycles. The van der Waals surface area contributed by atoms with Gasteiger partial charge < -0.3 is 39.9 Å². The summed E-state index contributed by atoms with van der Waals surface area (Å²) in [6.07, 6.45) is 6.96. The molecule has 3 aliphatic rings. The number of likely N-dealkylation sites (tertiary alicyclic amines) is 2. The fourth-order valence-electron chi connectivity index (χ4n) is 8.68. The number of ether oxygens (including phenoxy) is 2. The summed E-state index contributed by atoms with van der Waals surface area (Å²) >= 11 is 0. The number of rotatable bonds is 11. The van der Waals surface area contributed by atoms with Crippen LogP contribution >= 0.6 is 0 Å². The Morgan fingerprint density at radius 2 is 1.20 bits per heavy atom. The molecule has 4 N–H and O–H groups in total. The number of aromatic amines is 2. The van der Waals surface area contributed by atoms with Crippen LogP contribution in [0.4, 0.5) is 9.59 Å². The Bertz CT molecular complexity index is 2040. The summed E-state index contributed by atoms with van der Waals surface area (Å²) in [7, 11) is 2.59. The molecule has 296 valence electrons. The smallest absolute Gasteiger partial charge is 0.407 e. The third-order valence-corrected chi connectivity index (χ3v) is 11.7. The van der Waals surface area contributed by atoms with E-state index in [-0.39, 0.29) is 41.8 Å². The maximum absolute atomic E-state index is 13.9. The topological polar surface area (TPSA) is 175 Å². The molecule has 14 heteroatoms. The summed E-state index contributed by atoms with van der Waals surface area (Å²) < 4.78 is 9.57. The number of alkyl carbamates (subject to hydrolysis) is 2. The van der Waals surface area contributed by atoms with Crippen molar-refractivity contribution in [3.63, 3.8) is 0 Å². The predicted octanol–water partition coefficient (Wildman–Crippen LogP) is 6.61. The van der Waals surface area contributed by atoms with Gasteiger partial charge in [0, 0.05) is 12.6 Å². The van der Waals surface area contributed by atoms with E-state index in [4.69, 9.17) is 14.5 Å². The van der Waals surface area contributed by atoms with E-state index in [0.717, 1.165) is 77.4 Å². The van der Waals surface area contributed by atoms with Gasteiger partial charge in [-0.05, 0) is 72.1 Å². The zero-order valence-corrected chi connectivity index (χ0v) is 32.9. The largest absolute Gasteiger partial charge is 0.453 e. The van der Waals surface area contributed by atoms with E-state index < -0.39 is 24.3 Å². The van der Waals surface area contributed by atoms with Crippen molar-refractivity contribution in [2.45, 2.75) is 90.0 Å². The summed E-state index contributed by atoms with van der Waals surface area (Å²) in [6.45, 7) is 8.25. The van der Waals surface area contributed by atoms with E-state index in [0.29, 0.717) is 12.5 Å². The number of methoxy groups -OCH3 is 2. The second-order valence-corrected chi connectivity index (χ2v) is 15.8. The third-order valence-electron chi connectivity index (χ3n) is 11.7. The fraction of sp³-hybridized carbons (Fsp3) is 0.476. The van der Waals surface area contributed by atoms with Gasteiger partial charge in [-0.3, -0.25) is 9.59 Å². The average molecular weight is 765 g/mol. The highest BCUT2D eigenvalue weighted by atomic mass is 16.5. The molecular weight excluding hydrogens is 713 g/mol. The number of nitrogens with one attached hydrogen (secondary N) is 4. The van der Waals surface area contributed by atoms with Gasteiger partial charge in [-0.15, -0.1) is 0 Å². The van der Waals surface area contributed by atoms with Crippen LogP contribution in [0.25, 0.3) is 33.6 Å². The lowest BCUT2D eigenvalue weighted by Gasteiger charge is -2.37. The summed E-state index contributed by atoms with van der Waals surface area (Å²) in [5, 5.41) is 5.45. The predicted molar refractivity (Wildman–Crippen MR) is 210 cm³/mol. The quantitative estimate of drug-likeness (QED) is 0.132. The number of carbonyl (C=O) groups is 4. The van der Waals surface area contributed by atoms with Crippen molar-refractivity contribution in [2.24, 2.45) is 17.8 Å². The van der Waals surface area contributed by atoms with Crippen LogP contribution < -0.4 is 10.6 Å². The molecule has 2 aromatic carbocycles. The number of nitrogens with zero attached hydrogens (tertiary/aromatic N) is 4. The number of imidazole rings is 2. The minimum absolute atomic E-state index is 0.0949. The zero-order valence-electron chi connectivity index (χ0n) is 32.9. The Labute approximate surface area is 327 Å². The minimum atomic E-state index is -0.687. The first-order valence-corrected chi connectivity index (χ1v) is 19.6. The van der Waals surface area contributed by atoms with Crippen molar-refractivity contribution >= 4 is 24.0 Å². The molecule has 2 aliphatic heterocycles. The van der Waals surface area contributed by atoms with Gasteiger partial charge in [0.25, 0.3) is 0 Å². The number of H-pyrrole nitrogens is 2. The van der Waals surface area contributed by atoms with Crippen molar-refractivity contribution < 1.29 is 28.7 Å². The summed E-state index contributed by atoms with van der Waals surface area (Å²) in [6, 6.07) is 15.0. The molecule has 1 aliphatic carbocycles. The fourth-order valence-corrected chi connectivity index (χ4v) is 8.68. The van der Waals surface area contributed by atoms with Crippen molar-refractivity contribution in [2.75, 3.05) is 20.8 Å². The first kappa shape index (κ1) is 38.6. The summed E-state index contributed by atoms with van der Waals surface area (Å²) in [5.41, 5.74) is 5.83. The Morgan fingerprint density at radius 3 is 1.73 bits per heavy atom. The van der Waals surface area contributed by atoms with Gasteiger partial charge in [0.1, 0.15) is 23.7 Å². The van der Waals surface area contributed by atoms with Crippen LogP contribution in [0.5, 0.6) is 0 Å². The van der Waals surface area contributed by atoms with E-state index in [2.05, 4.69) is 74.1 Å². The maximum atomic E-state index is 13.9. The Kier molecular flexibility index (Phi) is 11.2. The van der Waals surface area contributed by atoms with Crippen LogP contribution in [0.3, 0.4) is 0 Å². The average Bonchev–Trinajstić information content (AvgIpc) is 4.06. The molecule has 2 bridgehead atoms. The van der Waals surface area contributed by atoms with E-state index in [9.17, 15) is 19.2 Å². The monoisotopic (exact) mass is 764 g/mol. The SMILES string of the molecule is COC(=O)N[C@H](C(=O)N1CCC[C@H]1c1ncc(-c2ccc(-c3ccc(-c4cnc([C@@H]5[C@@H]6CC[C@H](C6)N5C(=O)[C@@H](NC(=O)OC)C(C)C)[nH]4)cc3)cc2)[nH]1)C(C)C. The lowest BCUT2D eigenvalue weighted by molar-refractivity contribution is -0.139. The Hall–Kier alpha value is -5.66. The van der Waals surface area contributed by atoms with E-state index in [1.54, 1.807) is 6.20 Å². The molecule has 6 atom stereocenters. The van der Waals surface area contributed by atoms with Crippen LogP contribution in [0, 0.1) is 17.8 Å². The first-order valence-electron chi connectivity index (χ1n) is 19.6. The standard InChI is InChI=1S/C42H52N8O6/c1-23(2)34(47-41(53)55-5)39(51)49-19-7-8-33(49)37-43-21-31(45-37)27-13-9-25(10-14-27)26-11-15-28(16-12-26)32-22-44-38(46-32)36-29-17-18-30(20-29)50(36)40(52)35(24(3)4)48-42(54)56-6/h9-16,21-24,29-30,33-36H,7-8,17-20H2,1-6H3,(H,43,45)(H,44,46)(H,47,53)(H,48,54)/t29-,30-,33+,34+,35+,36+/m1/s1. The van der Waals surface area contributed by atoms with Crippen LogP contribution in [0.2, 0.25) is 0 Å². The number of benzene rings is 2. The first-order chi connectivity index (χ1) is 27.0. The molecule has 3 fully saturated rings. The van der Waals surface area contributed by atoms with Crippen LogP contribution in [0.1, 0.15) is 83.5 Å². The molecule has 4 aromatic rings. The van der Waals surface area contributed by atoms with Crippen molar-refractivity contribution in [3.8, 4) is 33.6 Å². The van der Waals surface area contributed by atoms with Gasteiger partial charge in [0.15, 0.2) is 0 Å².